The second kappa shape index (κ2) is 13.7. The van der Waals surface area contributed by atoms with Crippen molar-refractivity contribution in [3.05, 3.63) is 224 Å². The van der Waals surface area contributed by atoms with Crippen LogP contribution in [0.1, 0.15) is 0 Å². The first-order valence-electron chi connectivity index (χ1n) is 19.7. The second-order valence-corrected chi connectivity index (χ2v) is 14.8. The van der Waals surface area contributed by atoms with E-state index in [0.717, 1.165) is 17.1 Å². The fraction of sp³-hybridized carbons (Fsp3) is 0. The molecule has 0 amide bonds. The van der Waals surface area contributed by atoms with Crippen molar-refractivity contribution in [1.29, 1.82) is 0 Å². The van der Waals surface area contributed by atoms with Crippen LogP contribution >= 0.6 is 0 Å². The van der Waals surface area contributed by atoms with Crippen LogP contribution in [-0.2, 0) is 0 Å². The van der Waals surface area contributed by atoms with Gasteiger partial charge in [-0.3, -0.25) is 0 Å². The predicted molar refractivity (Wildman–Crippen MR) is 245 cm³/mol. The molecule has 0 heterocycles. The molecule has 1 heteroatoms. The molecule has 11 aromatic rings. The number of hydrogen-bond donors (Lipinski definition) is 0. The van der Waals surface area contributed by atoms with Gasteiger partial charge in [0.05, 0.1) is 11.4 Å². The highest BCUT2D eigenvalue weighted by Crippen LogP contribution is 2.49. The molecule has 0 fully saturated rings. The highest BCUT2D eigenvalue weighted by molar-refractivity contribution is 6.22. The third-order valence-corrected chi connectivity index (χ3v) is 11.6. The molecule has 0 N–H and O–H groups in total. The summed E-state index contributed by atoms with van der Waals surface area (Å²) in [5, 5.41) is 12.4. The zero-order chi connectivity index (χ0) is 37.7. The van der Waals surface area contributed by atoms with Gasteiger partial charge < -0.3 is 4.90 Å². The Labute approximate surface area is 332 Å². The average Bonchev–Trinajstić information content (AvgIpc) is 3.29. The number of rotatable bonds is 6. The summed E-state index contributed by atoms with van der Waals surface area (Å²) in [6, 6.07) is 82.2. The van der Waals surface area contributed by atoms with Crippen LogP contribution in [0.25, 0.3) is 87.2 Å². The lowest BCUT2D eigenvalue weighted by atomic mass is 9.84. The van der Waals surface area contributed by atoms with Gasteiger partial charge in [-0.2, -0.15) is 0 Å². The Morgan fingerprint density at radius 1 is 0.246 bits per heavy atom. The fourth-order valence-electron chi connectivity index (χ4n) is 9.02. The predicted octanol–water partition coefficient (Wildman–Crippen LogP) is 15.9. The van der Waals surface area contributed by atoms with Crippen LogP contribution in [-0.4, -0.2) is 0 Å². The Kier molecular flexibility index (Phi) is 7.89. The van der Waals surface area contributed by atoms with Gasteiger partial charge in [-0.25, -0.2) is 0 Å². The summed E-state index contributed by atoms with van der Waals surface area (Å²) in [7, 11) is 0. The Bertz CT molecular complexity index is 3290. The van der Waals surface area contributed by atoms with E-state index in [0.29, 0.717) is 0 Å². The van der Waals surface area contributed by atoms with Gasteiger partial charge in [0.2, 0.25) is 0 Å². The minimum absolute atomic E-state index is 1.12. The number of anilines is 3. The highest BCUT2D eigenvalue weighted by atomic mass is 15.1. The molecule has 11 aromatic carbocycles. The van der Waals surface area contributed by atoms with Crippen LogP contribution < -0.4 is 4.90 Å². The molecule has 0 aromatic heterocycles. The Morgan fingerprint density at radius 2 is 0.772 bits per heavy atom. The van der Waals surface area contributed by atoms with E-state index in [4.69, 9.17) is 0 Å². The van der Waals surface area contributed by atoms with E-state index in [1.165, 1.54) is 87.2 Å². The lowest BCUT2D eigenvalue weighted by Crippen LogP contribution is -2.12. The summed E-state index contributed by atoms with van der Waals surface area (Å²) in [4.78, 5) is 2.48. The number of hydrogen-bond acceptors (Lipinski definition) is 1. The number of fused-ring (bicyclic) bond motifs is 7. The highest BCUT2D eigenvalue weighted by Gasteiger charge is 2.23. The molecule has 0 aliphatic carbocycles. The van der Waals surface area contributed by atoms with Gasteiger partial charge in [-0.1, -0.05) is 194 Å². The van der Waals surface area contributed by atoms with E-state index in [2.05, 4.69) is 229 Å². The molecule has 0 unspecified atom stereocenters. The summed E-state index contributed by atoms with van der Waals surface area (Å²) < 4.78 is 0. The van der Waals surface area contributed by atoms with Crippen molar-refractivity contribution < 1.29 is 0 Å². The normalized spacial score (nSPS) is 11.5. The van der Waals surface area contributed by atoms with Crippen LogP contribution in [0.2, 0.25) is 0 Å². The maximum atomic E-state index is 2.48. The van der Waals surface area contributed by atoms with E-state index in [9.17, 15) is 0 Å². The van der Waals surface area contributed by atoms with Gasteiger partial charge in [0, 0.05) is 16.6 Å². The van der Waals surface area contributed by atoms with Crippen molar-refractivity contribution in [2.24, 2.45) is 0 Å². The van der Waals surface area contributed by atoms with Gasteiger partial charge in [-0.15, -0.1) is 0 Å². The molecule has 0 bridgehead atoms. The summed E-state index contributed by atoms with van der Waals surface area (Å²) in [6.07, 6.45) is 0. The fourth-order valence-corrected chi connectivity index (χ4v) is 9.02. The van der Waals surface area contributed by atoms with E-state index < -0.39 is 0 Å². The molecule has 0 saturated heterocycles. The maximum Gasteiger partial charge on any atom is 0.0546 e. The standard InChI is InChI=1S/C56H37N/c1-3-18-39(19-4-1)55-51-29-14-12-27-48(51)49-34-32-43(36-52(49)56(55)40-20-5-2-6-21-40)46-25-15-16-30-53(46)57(44-33-31-38-17-7-8-22-41(38)35-44)54-37-42-23-9-10-24-45(42)47-26-11-13-28-50(47)54/h1-37H. The van der Waals surface area contributed by atoms with Crippen LogP contribution in [0.5, 0.6) is 0 Å². The number of para-hydroxylation sites is 1. The molecule has 57 heavy (non-hydrogen) atoms. The lowest BCUT2D eigenvalue weighted by molar-refractivity contribution is 1.31. The molecule has 0 atom stereocenters. The minimum atomic E-state index is 1.12. The summed E-state index contributed by atoms with van der Waals surface area (Å²) in [5.74, 6) is 0. The van der Waals surface area contributed by atoms with Crippen LogP contribution in [0.3, 0.4) is 0 Å². The second-order valence-electron chi connectivity index (χ2n) is 14.8. The number of nitrogens with zero attached hydrogens (tertiary/aromatic N) is 1. The van der Waals surface area contributed by atoms with Crippen LogP contribution in [0.15, 0.2) is 224 Å². The van der Waals surface area contributed by atoms with Crippen molar-refractivity contribution in [2.75, 3.05) is 4.90 Å². The first-order valence-corrected chi connectivity index (χ1v) is 19.7. The van der Waals surface area contributed by atoms with Crippen LogP contribution in [0.4, 0.5) is 17.1 Å². The SMILES string of the molecule is c1ccc(-c2c(-c3ccccc3)c3cc(-c4ccccc4N(c4ccc5ccccc5c4)c4cc5ccccc5c5ccccc45)ccc3c3ccccc23)cc1. The Morgan fingerprint density at radius 3 is 1.51 bits per heavy atom. The molecule has 0 radical (unpaired) electrons. The first-order chi connectivity index (χ1) is 28.3. The topological polar surface area (TPSA) is 3.24 Å². The molecule has 0 spiro atoms. The molecule has 0 aliphatic heterocycles. The summed E-state index contributed by atoms with van der Waals surface area (Å²) >= 11 is 0. The van der Waals surface area contributed by atoms with Gasteiger partial charge in [0.1, 0.15) is 0 Å². The largest absolute Gasteiger partial charge is 0.309 e. The maximum absolute atomic E-state index is 2.48. The summed E-state index contributed by atoms with van der Waals surface area (Å²) in [5.41, 5.74) is 10.7. The molecule has 11 rings (SSSR count). The zero-order valence-corrected chi connectivity index (χ0v) is 31.3. The monoisotopic (exact) mass is 723 g/mol. The van der Waals surface area contributed by atoms with Gasteiger partial charge >= 0.3 is 0 Å². The Hall–Kier alpha value is -7.48. The molecule has 1 nitrogen and oxygen atoms in total. The molecule has 0 aliphatic rings. The van der Waals surface area contributed by atoms with Gasteiger partial charge in [0.25, 0.3) is 0 Å². The third-order valence-electron chi connectivity index (χ3n) is 11.6. The average molecular weight is 724 g/mol. The van der Waals surface area contributed by atoms with Crippen molar-refractivity contribution >= 4 is 70.9 Å². The van der Waals surface area contributed by atoms with Gasteiger partial charge in [-0.05, 0) is 107 Å². The van der Waals surface area contributed by atoms with E-state index in [1.807, 2.05) is 0 Å². The van der Waals surface area contributed by atoms with E-state index in [-0.39, 0.29) is 0 Å². The van der Waals surface area contributed by atoms with E-state index >= 15 is 0 Å². The molecule has 0 saturated carbocycles. The van der Waals surface area contributed by atoms with Crippen molar-refractivity contribution in [1.82, 2.24) is 0 Å². The molecular formula is C56H37N. The first kappa shape index (κ1) is 32.9. The van der Waals surface area contributed by atoms with E-state index in [1.54, 1.807) is 0 Å². The van der Waals surface area contributed by atoms with Gasteiger partial charge in [0.15, 0.2) is 0 Å². The van der Waals surface area contributed by atoms with Crippen molar-refractivity contribution in [3.8, 4) is 33.4 Å². The lowest BCUT2D eigenvalue weighted by Gasteiger charge is -2.30. The number of benzene rings is 11. The van der Waals surface area contributed by atoms with Crippen molar-refractivity contribution in [2.45, 2.75) is 0 Å². The molecular weight excluding hydrogens is 687 g/mol. The van der Waals surface area contributed by atoms with Crippen molar-refractivity contribution in [3.63, 3.8) is 0 Å². The quantitative estimate of drug-likeness (QED) is 0.154. The minimum Gasteiger partial charge on any atom is -0.309 e. The zero-order valence-electron chi connectivity index (χ0n) is 31.3. The third kappa shape index (κ3) is 5.55. The Balaban J connectivity index is 1.22. The summed E-state index contributed by atoms with van der Waals surface area (Å²) in [6.45, 7) is 0. The smallest absolute Gasteiger partial charge is 0.0546 e. The molecule has 266 valence electrons. The van der Waals surface area contributed by atoms with Crippen LogP contribution in [0, 0.1) is 0 Å².